The van der Waals surface area contributed by atoms with Crippen LogP contribution in [0, 0.1) is 5.82 Å². The molecule has 6 rings (SSSR count). The maximum absolute atomic E-state index is 14.0. The second-order valence-corrected chi connectivity index (χ2v) is 12.3. The van der Waals surface area contributed by atoms with Crippen molar-refractivity contribution in [2.24, 2.45) is 4.99 Å². The van der Waals surface area contributed by atoms with Crippen LogP contribution in [0.25, 0.3) is 17.1 Å². The molecule has 1 aliphatic heterocycles. The number of carbonyl (C=O) groups is 1. The van der Waals surface area contributed by atoms with Crippen LogP contribution in [0.2, 0.25) is 0 Å². The van der Waals surface area contributed by atoms with Crippen molar-refractivity contribution >= 4 is 28.6 Å². The second kappa shape index (κ2) is 12.2. The van der Waals surface area contributed by atoms with E-state index in [2.05, 4.69) is 25.1 Å². The Balaban J connectivity index is 1.14. The molecular weight excluding hydrogens is 608 g/mol. The minimum Gasteiger partial charge on any atom is -0.406 e. The smallest absolute Gasteiger partial charge is 0.406 e. The summed E-state index contributed by atoms with van der Waals surface area (Å²) in [6, 6.07) is 17.3. The van der Waals surface area contributed by atoms with Crippen molar-refractivity contribution in [2.45, 2.75) is 50.9 Å². The molecule has 0 radical (unpaired) electrons. The van der Waals surface area contributed by atoms with Gasteiger partial charge < -0.3 is 15.0 Å². The monoisotopic (exact) mass is 638 g/mol. The van der Waals surface area contributed by atoms with E-state index in [1.165, 1.54) is 53.1 Å². The summed E-state index contributed by atoms with van der Waals surface area (Å²) in [6.45, 7) is 4.72. The quantitative estimate of drug-likeness (QED) is 0.208. The molecule has 0 atom stereocenters. The number of carbonyl (C=O) groups excluding carboxylic acids is 1. The molecule has 0 bridgehead atoms. The highest BCUT2D eigenvalue weighted by molar-refractivity contribution is 8.14. The number of nitrogens with one attached hydrogen (secondary N) is 1. The van der Waals surface area contributed by atoms with Crippen molar-refractivity contribution in [3.8, 4) is 22.8 Å². The number of urea groups is 1. The standard InChI is InChI=1S/C32H30F4N6O2S/c1-20(2)26-18-23(33)8-13-27(26)41-16-3-17-45-30(41)38-29(43)39-31(14-15-31)22-6-4-21(5-7-22)28-37-19-42(40-28)24-9-11-25(12-10-24)44-32(34,35)36/h4-13,18-20H,3,14-17H2,1-2H3,(H,39,43)/b38-30-. The van der Waals surface area contributed by atoms with Crippen LogP contribution in [-0.4, -0.2) is 44.6 Å². The summed E-state index contributed by atoms with van der Waals surface area (Å²) in [7, 11) is 0. The molecule has 3 aromatic carbocycles. The Bertz CT molecular complexity index is 1720. The summed E-state index contributed by atoms with van der Waals surface area (Å²) in [5.41, 5.74) is 3.42. The van der Waals surface area contributed by atoms with Gasteiger partial charge in [0.15, 0.2) is 11.0 Å². The number of amides is 2. The molecule has 2 fully saturated rings. The molecule has 8 nitrogen and oxygen atoms in total. The average Bonchev–Trinajstić information content (AvgIpc) is 3.61. The van der Waals surface area contributed by atoms with Crippen molar-refractivity contribution < 1.29 is 27.1 Å². The van der Waals surface area contributed by atoms with Crippen LogP contribution in [0.1, 0.15) is 50.2 Å². The summed E-state index contributed by atoms with van der Waals surface area (Å²) in [6.07, 6.45) is -0.811. The molecule has 0 spiro atoms. The van der Waals surface area contributed by atoms with Gasteiger partial charge in [-0.25, -0.2) is 18.9 Å². The van der Waals surface area contributed by atoms with Crippen LogP contribution < -0.4 is 15.0 Å². The van der Waals surface area contributed by atoms with Crippen molar-refractivity contribution in [1.82, 2.24) is 20.1 Å². The summed E-state index contributed by atoms with van der Waals surface area (Å²) in [5, 5.41) is 8.17. The van der Waals surface area contributed by atoms with Crippen LogP contribution in [0.5, 0.6) is 5.75 Å². The van der Waals surface area contributed by atoms with Crippen molar-refractivity contribution in [3.63, 3.8) is 0 Å². The predicted octanol–water partition coefficient (Wildman–Crippen LogP) is 7.79. The molecule has 1 saturated carbocycles. The fourth-order valence-corrected chi connectivity index (χ4v) is 6.25. The Kier molecular flexibility index (Phi) is 8.29. The molecule has 2 aliphatic rings. The number of aromatic nitrogens is 3. The number of benzene rings is 3. The van der Waals surface area contributed by atoms with Gasteiger partial charge in [-0.05, 0) is 78.8 Å². The Morgan fingerprint density at radius 1 is 1.07 bits per heavy atom. The number of anilines is 1. The van der Waals surface area contributed by atoms with E-state index in [0.29, 0.717) is 23.2 Å². The van der Waals surface area contributed by atoms with Gasteiger partial charge in [-0.3, -0.25) is 0 Å². The molecule has 2 heterocycles. The number of alkyl halides is 3. The third-order valence-corrected chi connectivity index (χ3v) is 8.77. The number of halogens is 4. The van der Waals surface area contributed by atoms with Crippen LogP contribution >= 0.6 is 11.8 Å². The Hall–Kier alpha value is -4.39. The van der Waals surface area contributed by atoms with E-state index >= 15 is 0 Å². The van der Waals surface area contributed by atoms with Gasteiger partial charge in [0.25, 0.3) is 0 Å². The van der Waals surface area contributed by atoms with Crippen molar-refractivity contribution in [2.75, 3.05) is 17.2 Å². The molecule has 45 heavy (non-hydrogen) atoms. The number of rotatable bonds is 7. The molecule has 234 valence electrons. The first-order valence-electron chi connectivity index (χ1n) is 14.5. The maximum Gasteiger partial charge on any atom is 0.573 e. The highest BCUT2D eigenvalue weighted by Crippen LogP contribution is 2.46. The van der Waals surface area contributed by atoms with Crippen LogP contribution in [0.4, 0.5) is 28.0 Å². The lowest BCUT2D eigenvalue weighted by Gasteiger charge is -2.32. The summed E-state index contributed by atoms with van der Waals surface area (Å²) in [4.78, 5) is 24.0. The third kappa shape index (κ3) is 6.98. The number of nitrogens with zero attached hydrogens (tertiary/aromatic N) is 5. The van der Waals surface area contributed by atoms with Crippen LogP contribution in [0.3, 0.4) is 0 Å². The van der Waals surface area contributed by atoms with Crippen LogP contribution in [-0.2, 0) is 5.54 Å². The summed E-state index contributed by atoms with van der Waals surface area (Å²) in [5.74, 6) is 0.774. The Labute approximate surface area is 261 Å². The molecule has 4 aromatic rings. The second-order valence-electron chi connectivity index (χ2n) is 11.2. The number of hydrogen-bond donors (Lipinski definition) is 1. The Morgan fingerprint density at radius 3 is 2.47 bits per heavy atom. The lowest BCUT2D eigenvalue weighted by Crippen LogP contribution is -2.38. The molecule has 2 amide bonds. The zero-order valence-corrected chi connectivity index (χ0v) is 25.3. The van der Waals surface area contributed by atoms with E-state index in [1.54, 1.807) is 12.1 Å². The number of aliphatic imine (C=N–C) groups is 1. The highest BCUT2D eigenvalue weighted by Gasteiger charge is 2.46. The fourth-order valence-electron chi connectivity index (χ4n) is 5.30. The first-order chi connectivity index (χ1) is 21.5. The van der Waals surface area contributed by atoms with E-state index < -0.39 is 17.9 Å². The summed E-state index contributed by atoms with van der Waals surface area (Å²) < 4.78 is 56.8. The topological polar surface area (TPSA) is 84.6 Å². The van der Waals surface area contributed by atoms with Gasteiger partial charge in [-0.15, -0.1) is 18.3 Å². The number of hydrogen-bond acceptors (Lipinski definition) is 5. The lowest BCUT2D eigenvalue weighted by atomic mass is 10.00. The third-order valence-electron chi connectivity index (χ3n) is 7.71. The van der Waals surface area contributed by atoms with Gasteiger partial charge in [0.05, 0.1) is 11.2 Å². The van der Waals surface area contributed by atoms with Gasteiger partial charge in [0.1, 0.15) is 17.9 Å². The lowest BCUT2D eigenvalue weighted by molar-refractivity contribution is -0.274. The van der Waals surface area contributed by atoms with E-state index in [9.17, 15) is 22.4 Å². The fraction of sp³-hybridized carbons (Fsp3) is 0.312. The molecule has 0 unspecified atom stereocenters. The van der Waals surface area contributed by atoms with E-state index in [-0.39, 0.29) is 17.5 Å². The van der Waals surface area contributed by atoms with Gasteiger partial charge in [-0.2, -0.15) is 4.99 Å². The van der Waals surface area contributed by atoms with Gasteiger partial charge in [0, 0.05) is 23.5 Å². The van der Waals surface area contributed by atoms with Crippen LogP contribution in [0.15, 0.2) is 78.0 Å². The minimum absolute atomic E-state index is 0.104. The number of amidine groups is 1. The van der Waals surface area contributed by atoms with E-state index in [1.807, 2.05) is 43.0 Å². The predicted molar refractivity (Wildman–Crippen MR) is 165 cm³/mol. The van der Waals surface area contributed by atoms with Gasteiger partial charge in [0.2, 0.25) is 0 Å². The average molecular weight is 639 g/mol. The first kappa shape index (κ1) is 30.6. The zero-order chi connectivity index (χ0) is 31.8. The van der Waals surface area contributed by atoms with E-state index in [0.717, 1.165) is 47.4 Å². The van der Waals surface area contributed by atoms with Gasteiger partial charge >= 0.3 is 12.4 Å². The first-order valence-corrected chi connectivity index (χ1v) is 15.5. The van der Waals surface area contributed by atoms with Gasteiger partial charge in [-0.1, -0.05) is 49.9 Å². The zero-order valence-electron chi connectivity index (χ0n) is 24.5. The minimum atomic E-state index is -4.76. The highest BCUT2D eigenvalue weighted by atomic mass is 32.2. The molecule has 1 aromatic heterocycles. The molecule has 13 heteroatoms. The van der Waals surface area contributed by atoms with Crippen molar-refractivity contribution in [3.05, 3.63) is 90.0 Å². The SMILES string of the molecule is CC(C)c1cc(F)ccc1N1CCCS/C1=N\C(=O)NC1(c2ccc(-c3ncn(-c4ccc(OC(F)(F)F)cc4)n3)cc2)CC1. The maximum atomic E-state index is 14.0. The van der Waals surface area contributed by atoms with E-state index in [4.69, 9.17) is 0 Å². The molecule has 1 N–H and O–H groups in total. The molecule has 1 aliphatic carbocycles. The normalized spacial score (nSPS) is 17.0. The molecule has 1 saturated heterocycles. The Morgan fingerprint density at radius 2 is 1.80 bits per heavy atom. The van der Waals surface area contributed by atoms with Crippen molar-refractivity contribution in [1.29, 1.82) is 0 Å². The number of thioether (sulfide) groups is 1. The largest absolute Gasteiger partial charge is 0.573 e. The molecular formula is C32H30F4N6O2S. The summed E-state index contributed by atoms with van der Waals surface area (Å²) >= 11 is 1.52. The number of ether oxygens (including phenoxy) is 1.